The van der Waals surface area contributed by atoms with E-state index in [-0.39, 0.29) is 15.5 Å². The third-order valence-corrected chi connectivity index (χ3v) is 7.75. The third-order valence-electron chi connectivity index (χ3n) is 5.03. The normalized spacial score (nSPS) is 16.1. The number of halogens is 2. The van der Waals surface area contributed by atoms with Gasteiger partial charge in [0, 0.05) is 18.7 Å². The quantitative estimate of drug-likeness (QED) is 0.728. The molecule has 0 aliphatic carbocycles. The summed E-state index contributed by atoms with van der Waals surface area (Å²) in [7, 11) is -3.64. The number of piperidine rings is 1. The average Bonchev–Trinajstić information content (AvgIpc) is 2.66. The van der Waals surface area contributed by atoms with E-state index in [1.54, 1.807) is 37.3 Å². The Balaban J connectivity index is 1.89. The maximum atomic E-state index is 13.0. The number of nitrogens with zero attached hydrogens (tertiary/aromatic N) is 1. The molecule has 0 unspecified atom stereocenters. The van der Waals surface area contributed by atoms with Crippen molar-refractivity contribution in [1.82, 2.24) is 4.31 Å². The summed E-state index contributed by atoms with van der Waals surface area (Å²) in [5.74, 6) is 0.0826. The van der Waals surface area contributed by atoms with Crippen LogP contribution in [0.3, 0.4) is 0 Å². The minimum Gasteiger partial charge on any atom is -0.321 e. The second-order valence-electron chi connectivity index (χ2n) is 7.12. The Labute approximate surface area is 175 Å². The van der Waals surface area contributed by atoms with Crippen LogP contribution < -0.4 is 5.32 Å². The molecule has 1 N–H and O–H groups in total. The lowest BCUT2D eigenvalue weighted by Crippen LogP contribution is -2.38. The fraction of sp³-hybridized carbons (Fsp3) is 0.350. The highest BCUT2D eigenvalue weighted by Gasteiger charge is 2.29. The zero-order valence-electron chi connectivity index (χ0n) is 15.7. The summed E-state index contributed by atoms with van der Waals surface area (Å²) in [4.78, 5) is 12.9. The molecule has 0 aromatic heterocycles. The maximum absolute atomic E-state index is 13.0. The van der Waals surface area contributed by atoms with E-state index >= 15 is 0 Å². The van der Waals surface area contributed by atoms with E-state index in [9.17, 15) is 13.2 Å². The lowest BCUT2D eigenvalue weighted by Gasteiger charge is -2.29. The van der Waals surface area contributed by atoms with Crippen LogP contribution in [0.2, 0.25) is 10.0 Å². The van der Waals surface area contributed by atoms with Crippen molar-refractivity contribution in [2.24, 2.45) is 5.92 Å². The Morgan fingerprint density at radius 1 is 1.14 bits per heavy atom. The van der Waals surface area contributed by atoms with Gasteiger partial charge in [-0.2, -0.15) is 4.31 Å². The number of anilines is 1. The molecule has 28 heavy (non-hydrogen) atoms. The van der Waals surface area contributed by atoms with Gasteiger partial charge < -0.3 is 5.32 Å². The molecule has 3 rings (SSSR count). The number of benzene rings is 2. The SMILES string of the molecule is Cc1ccc(S(=O)(=O)N2CCC(C)CC2)cc1C(=O)Nc1cccc(Cl)c1Cl. The molecule has 1 amide bonds. The van der Waals surface area contributed by atoms with E-state index in [2.05, 4.69) is 12.2 Å². The molecule has 0 bridgehead atoms. The Morgan fingerprint density at radius 3 is 2.50 bits per heavy atom. The highest BCUT2D eigenvalue weighted by Crippen LogP contribution is 2.30. The number of amides is 1. The van der Waals surface area contributed by atoms with Crippen LogP contribution in [-0.2, 0) is 10.0 Å². The summed E-state index contributed by atoms with van der Waals surface area (Å²) in [6.07, 6.45) is 1.68. The Hall–Kier alpha value is -1.60. The monoisotopic (exact) mass is 440 g/mol. The van der Waals surface area contributed by atoms with Gasteiger partial charge in [0.15, 0.2) is 0 Å². The van der Waals surface area contributed by atoms with Gasteiger partial charge in [0.25, 0.3) is 5.91 Å². The van der Waals surface area contributed by atoms with Gasteiger partial charge in [0.05, 0.1) is 20.6 Å². The minimum absolute atomic E-state index is 0.120. The van der Waals surface area contributed by atoms with Crippen molar-refractivity contribution in [2.75, 3.05) is 18.4 Å². The molecule has 1 fully saturated rings. The van der Waals surface area contributed by atoms with Crippen molar-refractivity contribution in [3.63, 3.8) is 0 Å². The molecule has 0 radical (unpaired) electrons. The van der Waals surface area contributed by atoms with Crippen LogP contribution in [-0.4, -0.2) is 31.7 Å². The zero-order valence-corrected chi connectivity index (χ0v) is 18.0. The Morgan fingerprint density at radius 2 is 1.82 bits per heavy atom. The molecule has 2 aromatic carbocycles. The van der Waals surface area contributed by atoms with Crippen LogP contribution in [0.4, 0.5) is 5.69 Å². The van der Waals surface area contributed by atoms with Gasteiger partial charge in [0.1, 0.15) is 0 Å². The molecule has 5 nitrogen and oxygen atoms in total. The summed E-state index contributed by atoms with van der Waals surface area (Å²) < 4.78 is 27.5. The average molecular weight is 441 g/mol. The molecule has 2 aromatic rings. The fourth-order valence-corrected chi connectivity index (χ4v) is 5.01. The van der Waals surface area contributed by atoms with Crippen molar-refractivity contribution in [3.05, 3.63) is 57.6 Å². The molecule has 1 saturated heterocycles. The van der Waals surface area contributed by atoms with Crippen molar-refractivity contribution in [2.45, 2.75) is 31.6 Å². The van der Waals surface area contributed by atoms with Crippen molar-refractivity contribution < 1.29 is 13.2 Å². The highest BCUT2D eigenvalue weighted by molar-refractivity contribution is 7.89. The summed E-state index contributed by atoms with van der Waals surface area (Å²) >= 11 is 12.1. The molecule has 150 valence electrons. The first-order valence-corrected chi connectivity index (χ1v) is 11.3. The summed E-state index contributed by atoms with van der Waals surface area (Å²) in [6, 6.07) is 9.56. The van der Waals surface area contributed by atoms with Crippen molar-refractivity contribution in [1.29, 1.82) is 0 Å². The molecule has 0 atom stereocenters. The fourth-order valence-electron chi connectivity index (χ4n) is 3.17. The minimum atomic E-state index is -3.64. The van der Waals surface area contributed by atoms with Crippen LogP contribution >= 0.6 is 23.2 Å². The molecular weight excluding hydrogens is 419 g/mol. The van der Waals surface area contributed by atoms with E-state index in [0.717, 1.165) is 12.8 Å². The van der Waals surface area contributed by atoms with Crippen LogP contribution in [0.1, 0.15) is 35.7 Å². The number of carbonyl (C=O) groups is 1. The summed E-state index contributed by atoms with van der Waals surface area (Å²) in [6.45, 7) is 4.88. The predicted molar refractivity (Wildman–Crippen MR) is 113 cm³/mol. The van der Waals surface area contributed by atoms with Crippen molar-refractivity contribution >= 4 is 44.8 Å². The first kappa shape index (κ1) is 21.1. The first-order chi connectivity index (χ1) is 13.2. The van der Waals surface area contributed by atoms with Crippen molar-refractivity contribution in [3.8, 4) is 0 Å². The lowest BCUT2D eigenvalue weighted by atomic mass is 10.0. The smallest absolute Gasteiger partial charge is 0.256 e. The standard InChI is InChI=1S/C20H22Cl2N2O3S/c1-13-8-10-24(11-9-13)28(26,27)15-7-6-14(2)16(12-15)20(25)23-18-5-3-4-17(21)19(18)22/h3-7,12-13H,8-11H2,1-2H3,(H,23,25). The lowest BCUT2D eigenvalue weighted by molar-refractivity contribution is 0.102. The molecule has 1 aliphatic rings. The van der Waals surface area contributed by atoms with Gasteiger partial charge in [-0.1, -0.05) is 42.3 Å². The number of hydrogen-bond donors (Lipinski definition) is 1. The van der Waals surface area contributed by atoms with E-state index in [1.165, 1.54) is 10.4 Å². The topological polar surface area (TPSA) is 66.5 Å². The highest BCUT2D eigenvalue weighted by atomic mass is 35.5. The number of carbonyl (C=O) groups excluding carboxylic acids is 1. The van der Waals surface area contributed by atoms with Gasteiger partial charge >= 0.3 is 0 Å². The van der Waals surface area contributed by atoms with E-state index in [1.807, 2.05) is 0 Å². The van der Waals surface area contributed by atoms with E-state index < -0.39 is 15.9 Å². The van der Waals surface area contributed by atoms with Gasteiger partial charge in [-0.05, 0) is 55.5 Å². The van der Waals surface area contributed by atoms with Gasteiger partial charge in [-0.15, -0.1) is 0 Å². The van der Waals surface area contributed by atoms with Crippen LogP contribution in [0.5, 0.6) is 0 Å². The largest absolute Gasteiger partial charge is 0.321 e. The molecule has 1 aliphatic heterocycles. The zero-order chi connectivity index (χ0) is 20.5. The van der Waals surface area contributed by atoms with Gasteiger partial charge in [-0.25, -0.2) is 8.42 Å². The molecule has 0 spiro atoms. The number of sulfonamides is 1. The first-order valence-electron chi connectivity index (χ1n) is 9.06. The maximum Gasteiger partial charge on any atom is 0.256 e. The summed E-state index contributed by atoms with van der Waals surface area (Å²) in [5.41, 5.74) is 1.32. The molecule has 8 heteroatoms. The van der Waals surface area contributed by atoms with Crippen LogP contribution in [0, 0.1) is 12.8 Å². The predicted octanol–water partition coefficient (Wildman–Crippen LogP) is 4.97. The molecule has 1 heterocycles. The number of nitrogens with one attached hydrogen (secondary N) is 1. The third kappa shape index (κ3) is 4.35. The molecule has 0 saturated carbocycles. The second-order valence-corrected chi connectivity index (χ2v) is 9.84. The molecular formula is C20H22Cl2N2O3S. The van der Waals surface area contributed by atoms with Crippen LogP contribution in [0.15, 0.2) is 41.3 Å². The second kappa shape index (κ2) is 8.41. The van der Waals surface area contributed by atoms with E-state index in [4.69, 9.17) is 23.2 Å². The van der Waals surface area contributed by atoms with E-state index in [0.29, 0.717) is 35.3 Å². The van der Waals surface area contributed by atoms with Gasteiger partial charge in [-0.3, -0.25) is 4.79 Å². The van der Waals surface area contributed by atoms with Crippen LogP contribution in [0.25, 0.3) is 0 Å². The summed E-state index contributed by atoms with van der Waals surface area (Å²) in [5, 5.41) is 3.27. The number of rotatable bonds is 4. The van der Waals surface area contributed by atoms with Gasteiger partial charge in [0.2, 0.25) is 10.0 Å². The number of hydrogen-bond acceptors (Lipinski definition) is 3. The number of aryl methyl sites for hydroxylation is 1. The Bertz CT molecular complexity index is 1000. The Kier molecular flexibility index (Phi) is 6.34.